The number of hydrogen-bond acceptors (Lipinski definition) is 5. The van der Waals surface area contributed by atoms with Crippen LogP contribution in [0.2, 0.25) is 0 Å². The third-order valence-electron chi connectivity index (χ3n) is 5.11. The summed E-state index contributed by atoms with van der Waals surface area (Å²) in [4.78, 5) is 34.2. The molecule has 7 heteroatoms. The summed E-state index contributed by atoms with van der Waals surface area (Å²) < 4.78 is 5.50. The molecule has 1 amide bonds. The Morgan fingerprint density at radius 1 is 1.13 bits per heavy atom. The lowest BCUT2D eigenvalue weighted by atomic mass is 9.95. The van der Waals surface area contributed by atoms with E-state index in [1.54, 1.807) is 41.6 Å². The second-order valence-electron chi connectivity index (χ2n) is 8.75. The van der Waals surface area contributed by atoms with Crippen molar-refractivity contribution in [3.8, 4) is 11.3 Å². The summed E-state index contributed by atoms with van der Waals surface area (Å²) in [5.41, 5.74) is 2.24. The first-order valence-corrected chi connectivity index (χ1v) is 10.3. The first-order chi connectivity index (χ1) is 14.2. The van der Waals surface area contributed by atoms with Gasteiger partial charge in [0.25, 0.3) is 0 Å². The number of aromatic carboxylic acids is 1. The quantitative estimate of drug-likeness (QED) is 0.800. The number of amides is 1. The van der Waals surface area contributed by atoms with Crippen LogP contribution in [-0.4, -0.2) is 50.7 Å². The van der Waals surface area contributed by atoms with Crippen molar-refractivity contribution in [2.75, 3.05) is 13.1 Å². The van der Waals surface area contributed by atoms with Crippen LogP contribution in [0.4, 0.5) is 4.79 Å². The highest BCUT2D eigenvalue weighted by Gasteiger charge is 2.25. The molecular formula is C23H29N3O4. The number of hydrogen-bond donors (Lipinski definition) is 1. The van der Waals surface area contributed by atoms with Gasteiger partial charge in [0.2, 0.25) is 0 Å². The summed E-state index contributed by atoms with van der Waals surface area (Å²) in [7, 11) is 0. The number of carbonyl (C=O) groups is 2. The number of nitrogens with zero attached hydrogens (tertiary/aromatic N) is 3. The molecule has 3 rings (SSSR count). The second-order valence-corrected chi connectivity index (χ2v) is 8.75. The third kappa shape index (κ3) is 6.02. The van der Waals surface area contributed by atoms with E-state index in [1.807, 2.05) is 20.8 Å². The molecule has 1 N–H and O–H groups in total. The van der Waals surface area contributed by atoms with E-state index >= 15 is 0 Å². The van der Waals surface area contributed by atoms with E-state index in [9.17, 15) is 9.59 Å². The first kappa shape index (κ1) is 21.7. The highest BCUT2D eigenvalue weighted by Crippen LogP contribution is 2.24. The third-order valence-corrected chi connectivity index (χ3v) is 5.11. The highest BCUT2D eigenvalue weighted by atomic mass is 16.6. The van der Waals surface area contributed by atoms with Gasteiger partial charge >= 0.3 is 12.1 Å². The molecule has 1 aromatic carbocycles. The molecule has 2 heterocycles. The summed E-state index contributed by atoms with van der Waals surface area (Å²) in [5, 5.41) is 9.04. The Bertz CT molecular complexity index is 890. The van der Waals surface area contributed by atoms with Crippen LogP contribution in [0.3, 0.4) is 0 Å². The average molecular weight is 412 g/mol. The topological polar surface area (TPSA) is 92.6 Å². The van der Waals surface area contributed by atoms with E-state index in [2.05, 4.69) is 4.98 Å². The van der Waals surface area contributed by atoms with Crippen molar-refractivity contribution in [2.24, 2.45) is 5.92 Å². The molecule has 0 aliphatic carbocycles. The summed E-state index contributed by atoms with van der Waals surface area (Å²) in [6.07, 6.45) is 6.90. The van der Waals surface area contributed by atoms with Gasteiger partial charge in [-0.15, -0.1) is 0 Å². The van der Waals surface area contributed by atoms with Crippen molar-refractivity contribution >= 4 is 12.1 Å². The Morgan fingerprint density at radius 2 is 1.87 bits per heavy atom. The molecule has 7 nitrogen and oxygen atoms in total. The standard InChI is InChI=1S/C23H29N3O4/c1-23(2,3)30-22(29)26-11-4-5-16(10-12-26)13-19-14-24-15-20(25-19)17-6-8-18(9-7-17)21(27)28/h6-9,14-16H,4-5,10-13H2,1-3H3,(H,27,28). The average Bonchev–Trinajstić information content (AvgIpc) is 2.93. The number of rotatable bonds is 4. The zero-order valence-electron chi connectivity index (χ0n) is 17.8. The van der Waals surface area contributed by atoms with Gasteiger partial charge in [-0.1, -0.05) is 12.1 Å². The van der Waals surface area contributed by atoms with Gasteiger partial charge in [0.15, 0.2) is 0 Å². The van der Waals surface area contributed by atoms with E-state index in [-0.39, 0.29) is 11.7 Å². The fourth-order valence-electron chi connectivity index (χ4n) is 3.60. The van der Waals surface area contributed by atoms with Crippen LogP contribution in [0.1, 0.15) is 56.1 Å². The van der Waals surface area contributed by atoms with Gasteiger partial charge in [0.1, 0.15) is 5.60 Å². The molecule has 0 saturated carbocycles. The molecule has 1 saturated heterocycles. The van der Waals surface area contributed by atoms with Crippen molar-refractivity contribution in [3.63, 3.8) is 0 Å². The number of carboxylic acid groups (broad SMARTS) is 1. The smallest absolute Gasteiger partial charge is 0.410 e. The SMILES string of the molecule is CC(C)(C)OC(=O)N1CCCC(Cc2cncc(-c3ccc(C(=O)O)cc3)n2)CC1. The zero-order valence-corrected chi connectivity index (χ0v) is 17.8. The minimum Gasteiger partial charge on any atom is -0.478 e. The maximum absolute atomic E-state index is 12.3. The summed E-state index contributed by atoms with van der Waals surface area (Å²) >= 11 is 0. The first-order valence-electron chi connectivity index (χ1n) is 10.3. The van der Waals surface area contributed by atoms with Crippen molar-refractivity contribution in [3.05, 3.63) is 47.9 Å². The Kier molecular flexibility index (Phi) is 6.70. The fourth-order valence-corrected chi connectivity index (χ4v) is 3.60. The molecule has 1 aliphatic heterocycles. The van der Waals surface area contributed by atoms with Gasteiger partial charge in [-0.05, 0) is 64.5 Å². The van der Waals surface area contributed by atoms with Gasteiger partial charge in [-0.2, -0.15) is 0 Å². The van der Waals surface area contributed by atoms with Crippen molar-refractivity contribution in [1.29, 1.82) is 0 Å². The predicted molar refractivity (Wildman–Crippen MR) is 113 cm³/mol. The van der Waals surface area contributed by atoms with Gasteiger partial charge < -0.3 is 14.7 Å². The van der Waals surface area contributed by atoms with Gasteiger partial charge in [-0.3, -0.25) is 4.98 Å². The summed E-state index contributed by atoms with van der Waals surface area (Å²) in [6.45, 7) is 7.04. The molecule has 1 atom stereocenters. The number of likely N-dealkylation sites (tertiary alicyclic amines) is 1. The van der Waals surface area contributed by atoms with E-state index < -0.39 is 11.6 Å². The molecule has 1 unspecified atom stereocenters. The van der Waals surface area contributed by atoms with Crippen LogP contribution in [-0.2, 0) is 11.2 Å². The number of aromatic nitrogens is 2. The number of benzene rings is 1. The van der Waals surface area contributed by atoms with Gasteiger partial charge in [0.05, 0.1) is 23.1 Å². The summed E-state index contributed by atoms with van der Waals surface area (Å²) in [5.74, 6) is -0.522. The largest absolute Gasteiger partial charge is 0.478 e. The minimum atomic E-state index is -0.949. The van der Waals surface area contributed by atoms with Crippen molar-refractivity contribution in [1.82, 2.24) is 14.9 Å². The van der Waals surface area contributed by atoms with Crippen LogP contribution in [0.25, 0.3) is 11.3 Å². The maximum Gasteiger partial charge on any atom is 0.410 e. The number of carboxylic acids is 1. The van der Waals surface area contributed by atoms with Crippen LogP contribution in [0.15, 0.2) is 36.7 Å². The van der Waals surface area contributed by atoms with Gasteiger partial charge in [-0.25, -0.2) is 14.6 Å². The van der Waals surface area contributed by atoms with Crippen molar-refractivity contribution < 1.29 is 19.4 Å². The number of ether oxygens (including phenoxy) is 1. The van der Waals surface area contributed by atoms with E-state index in [1.165, 1.54) is 0 Å². The van der Waals surface area contributed by atoms with E-state index in [0.717, 1.165) is 42.6 Å². The second kappa shape index (κ2) is 9.24. The van der Waals surface area contributed by atoms with E-state index in [0.29, 0.717) is 19.0 Å². The molecular weight excluding hydrogens is 382 g/mol. The van der Waals surface area contributed by atoms with Crippen LogP contribution in [0.5, 0.6) is 0 Å². The van der Waals surface area contributed by atoms with Crippen LogP contribution in [0, 0.1) is 5.92 Å². The molecule has 1 aromatic heterocycles. The highest BCUT2D eigenvalue weighted by molar-refractivity contribution is 5.88. The predicted octanol–water partition coefficient (Wildman–Crippen LogP) is 4.42. The Labute approximate surface area is 177 Å². The zero-order chi connectivity index (χ0) is 21.7. The Morgan fingerprint density at radius 3 is 2.53 bits per heavy atom. The molecule has 2 aromatic rings. The fraction of sp³-hybridized carbons (Fsp3) is 0.478. The molecule has 1 fully saturated rings. The Hall–Kier alpha value is -2.96. The van der Waals surface area contributed by atoms with Gasteiger partial charge in [0, 0.05) is 24.8 Å². The number of carbonyl (C=O) groups excluding carboxylic acids is 1. The van der Waals surface area contributed by atoms with Crippen molar-refractivity contribution in [2.45, 2.75) is 52.1 Å². The molecule has 0 spiro atoms. The minimum absolute atomic E-state index is 0.241. The molecule has 1 aliphatic rings. The van der Waals surface area contributed by atoms with E-state index in [4.69, 9.17) is 14.8 Å². The summed E-state index contributed by atoms with van der Waals surface area (Å²) in [6, 6.07) is 6.65. The molecule has 160 valence electrons. The molecule has 0 bridgehead atoms. The van der Waals surface area contributed by atoms with Crippen LogP contribution >= 0.6 is 0 Å². The monoisotopic (exact) mass is 411 g/mol. The normalized spacial score (nSPS) is 17.3. The molecule has 0 radical (unpaired) electrons. The lowest BCUT2D eigenvalue weighted by molar-refractivity contribution is 0.0255. The van der Waals surface area contributed by atoms with Crippen LogP contribution < -0.4 is 0 Å². The lowest BCUT2D eigenvalue weighted by Gasteiger charge is -2.26. The maximum atomic E-state index is 12.3. The lowest BCUT2D eigenvalue weighted by Crippen LogP contribution is -2.37. The molecule has 30 heavy (non-hydrogen) atoms. The Balaban J connectivity index is 1.62.